The summed E-state index contributed by atoms with van der Waals surface area (Å²) in [5.74, 6) is 1.56. The summed E-state index contributed by atoms with van der Waals surface area (Å²) >= 11 is 0. The van der Waals surface area contributed by atoms with Gasteiger partial charge in [-0.15, -0.1) is 0 Å². The molecule has 2 atom stereocenters. The van der Waals surface area contributed by atoms with Gasteiger partial charge in [0.15, 0.2) is 0 Å². The Balaban J connectivity index is 1.43. The minimum absolute atomic E-state index is 0.0644. The summed E-state index contributed by atoms with van der Waals surface area (Å²) in [6, 6.07) is 18.6. The molecule has 2 aromatic carbocycles. The van der Waals surface area contributed by atoms with Gasteiger partial charge in [0.05, 0.1) is 0 Å². The van der Waals surface area contributed by atoms with Crippen molar-refractivity contribution in [2.45, 2.75) is 38.5 Å². The lowest BCUT2D eigenvalue weighted by atomic mass is 9.75. The number of piperidine rings is 1. The van der Waals surface area contributed by atoms with Gasteiger partial charge in [-0.2, -0.15) is 0 Å². The summed E-state index contributed by atoms with van der Waals surface area (Å²) in [5.41, 5.74) is 3.36. The number of likely N-dealkylation sites (tertiary alicyclic amines) is 1. The summed E-state index contributed by atoms with van der Waals surface area (Å²) in [6.45, 7) is 1.82. The first-order valence-electron chi connectivity index (χ1n) is 9.97. The maximum atomic E-state index is 12.9. The van der Waals surface area contributed by atoms with Gasteiger partial charge in [-0.1, -0.05) is 67.8 Å². The molecule has 26 heavy (non-hydrogen) atoms. The highest BCUT2D eigenvalue weighted by Gasteiger charge is 2.33. The minimum atomic E-state index is 0.0644. The van der Waals surface area contributed by atoms with Gasteiger partial charge in [0, 0.05) is 18.8 Å². The predicted octanol–water partition coefficient (Wildman–Crippen LogP) is 5.32. The highest BCUT2D eigenvalue weighted by Crippen LogP contribution is 2.36. The molecule has 0 unspecified atom stereocenters. The number of amides is 2. The molecule has 1 heterocycles. The van der Waals surface area contributed by atoms with Gasteiger partial charge in [-0.3, -0.25) is 0 Å². The maximum Gasteiger partial charge on any atom is 0.321 e. The van der Waals surface area contributed by atoms with Crippen molar-refractivity contribution >= 4 is 11.7 Å². The number of carbonyl (C=O) groups is 1. The quantitative estimate of drug-likeness (QED) is 0.800. The Labute approximate surface area is 156 Å². The summed E-state index contributed by atoms with van der Waals surface area (Å²) in [4.78, 5) is 14.9. The molecule has 2 aliphatic rings. The Morgan fingerprint density at radius 1 is 0.923 bits per heavy atom. The molecule has 3 heteroatoms. The number of hydrogen-bond acceptors (Lipinski definition) is 1. The number of nitrogens with zero attached hydrogens (tertiary/aromatic N) is 1. The summed E-state index contributed by atoms with van der Waals surface area (Å²) < 4.78 is 0. The topological polar surface area (TPSA) is 32.3 Å². The van der Waals surface area contributed by atoms with Crippen LogP contribution in [0.3, 0.4) is 0 Å². The second kappa shape index (κ2) is 7.94. The van der Waals surface area contributed by atoms with Crippen LogP contribution >= 0.6 is 0 Å². The lowest BCUT2D eigenvalue weighted by Gasteiger charge is -2.41. The van der Waals surface area contributed by atoms with E-state index in [-0.39, 0.29) is 6.03 Å². The number of para-hydroxylation sites is 1. The monoisotopic (exact) mass is 348 g/mol. The zero-order chi connectivity index (χ0) is 17.8. The molecular weight excluding hydrogens is 320 g/mol. The number of anilines is 1. The first kappa shape index (κ1) is 17.1. The maximum absolute atomic E-state index is 12.9. The van der Waals surface area contributed by atoms with Crippen molar-refractivity contribution in [3.63, 3.8) is 0 Å². The highest BCUT2D eigenvalue weighted by molar-refractivity contribution is 5.90. The fourth-order valence-corrected chi connectivity index (χ4v) is 4.59. The van der Waals surface area contributed by atoms with Gasteiger partial charge in [0.2, 0.25) is 0 Å². The van der Waals surface area contributed by atoms with Crippen LogP contribution in [-0.4, -0.2) is 24.0 Å². The molecule has 4 rings (SSSR count). The van der Waals surface area contributed by atoms with Gasteiger partial charge in [0.1, 0.15) is 0 Å². The lowest BCUT2D eigenvalue weighted by molar-refractivity contribution is 0.108. The van der Waals surface area contributed by atoms with Crippen LogP contribution in [0.1, 0.15) is 43.2 Å². The van der Waals surface area contributed by atoms with Gasteiger partial charge < -0.3 is 10.2 Å². The number of hydrogen-bond donors (Lipinski definition) is 1. The largest absolute Gasteiger partial charge is 0.324 e. The number of urea groups is 1. The van der Waals surface area contributed by atoms with Crippen LogP contribution in [0.15, 0.2) is 54.6 Å². The number of rotatable bonds is 3. The summed E-state index contributed by atoms with van der Waals surface area (Å²) in [7, 11) is 0. The third kappa shape index (κ3) is 3.92. The van der Waals surface area contributed by atoms with Gasteiger partial charge in [-0.05, 0) is 48.3 Å². The van der Waals surface area contributed by atoms with E-state index in [9.17, 15) is 4.79 Å². The molecule has 136 valence electrons. The highest BCUT2D eigenvalue weighted by atomic mass is 16.2. The molecule has 2 fully saturated rings. The predicted molar refractivity (Wildman–Crippen MR) is 106 cm³/mol. The van der Waals surface area contributed by atoms with Crippen LogP contribution in [0, 0.1) is 11.8 Å². The third-order valence-corrected chi connectivity index (χ3v) is 6.07. The Kier molecular flexibility index (Phi) is 5.24. The van der Waals surface area contributed by atoms with Crippen molar-refractivity contribution in [1.29, 1.82) is 0 Å². The van der Waals surface area contributed by atoms with Crippen LogP contribution in [0.25, 0.3) is 0 Å². The zero-order valence-corrected chi connectivity index (χ0v) is 15.4. The fourth-order valence-electron chi connectivity index (χ4n) is 4.59. The Hall–Kier alpha value is -2.29. The SMILES string of the molecule is O=C(Nc1ccccc1Cc1ccccc1)N1CC[C@@H]2CCCC[C@H]2C1. The molecule has 1 aliphatic heterocycles. The normalized spacial score (nSPS) is 22.5. The van der Waals surface area contributed by atoms with E-state index in [0.29, 0.717) is 5.92 Å². The lowest BCUT2D eigenvalue weighted by Crippen LogP contribution is -2.46. The number of nitrogens with one attached hydrogen (secondary N) is 1. The second-order valence-corrected chi connectivity index (χ2v) is 7.79. The van der Waals surface area contributed by atoms with Crippen LogP contribution in [0.4, 0.5) is 10.5 Å². The molecule has 0 spiro atoms. The van der Waals surface area contributed by atoms with E-state index < -0.39 is 0 Å². The average Bonchev–Trinajstić information content (AvgIpc) is 2.70. The first-order valence-corrected chi connectivity index (χ1v) is 9.97. The first-order chi connectivity index (χ1) is 12.8. The molecule has 0 radical (unpaired) electrons. The van der Waals surface area contributed by atoms with E-state index in [1.807, 2.05) is 29.2 Å². The Bertz CT molecular complexity index is 743. The van der Waals surface area contributed by atoms with Crippen molar-refractivity contribution in [3.8, 4) is 0 Å². The molecule has 1 aliphatic carbocycles. The Morgan fingerprint density at radius 2 is 1.65 bits per heavy atom. The van der Waals surface area contributed by atoms with E-state index in [1.165, 1.54) is 43.2 Å². The Morgan fingerprint density at radius 3 is 2.50 bits per heavy atom. The standard InChI is InChI=1S/C23H28N2O/c26-23(25-15-14-19-10-4-5-12-21(19)17-25)24-22-13-7-6-11-20(22)16-18-8-2-1-3-9-18/h1-3,6-9,11,13,19,21H,4-5,10,12,14-17H2,(H,24,26)/t19-,21-/m0/s1. The summed E-state index contributed by atoms with van der Waals surface area (Å²) in [5, 5.41) is 3.18. The van der Waals surface area contributed by atoms with Crippen molar-refractivity contribution in [3.05, 3.63) is 65.7 Å². The van der Waals surface area contributed by atoms with Crippen molar-refractivity contribution in [2.75, 3.05) is 18.4 Å². The molecule has 0 aromatic heterocycles. The molecule has 2 aromatic rings. The molecule has 0 bridgehead atoms. The van der Waals surface area contributed by atoms with Crippen LogP contribution in [-0.2, 0) is 6.42 Å². The fraction of sp³-hybridized carbons (Fsp3) is 0.435. The van der Waals surface area contributed by atoms with Crippen LogP contribution in [0.5, 0.6) is 0 Å². The minimum Gasteiger partial charge on any atom is -0.324 e. The van der Waals surface area contributed by atoms with E-state index >= 15 is 0 Å². The molecule has 3 nitrogen and oxygen atoms in total. The van der Waals surface area contributed by atoms with Crippen LogP contribution < -0.4 is 5.32 Å². The van der Waals surface area contributed by atoms with Crippen molar-refractivity contribution in [1.82, 2.24) is 4.90 Å². The van der Waals surface area contributed by atoms with Crippen molar-refractivity contribution < 1.29 is 4.79 Å². The molecule has 1 N–H and O–H groups in total. The molecular formula is C23H28N2O. The zero-order valence-electron chi connectivity index (χ0n) is 15.4. The average molecular weight is 348 g/mol. The van der Waals surface area contributed by atoms with Crippen LogP contribution in [0.2, 0.25) is 0 Å². The second-order valence-electron chi connectivity index (χ2n) is 7.79. The molecule has 1 saturated heterocycles. The van der Waals surface area contributed by atoms with E-state index in [4.69, 9.17) is 0 Å². The van der Waals surface area contributed by atoms with E-state index in [1.54, 1.807) is 0 Å². The van der Waals surface area contributed by atoms with Gasteiger partial charge in [-0.25, -0.2) is 4.79 Å². The molecule has 1 saturated carbocycles. The van der Waals surface area contributed by atoms with Gasteiger partial charge in [0.25, 0.3) is 0 Å². The number of carbonyl (C=O) groups excluding carboxylic acids is 1. The summed E-state index contributed by atoms with van der Waals surface area (Å²) in [6.07, 6.45) is 7.36. The van der Waals surface area contributed by atoms with E-state index in [0.717, 1.165) is 31.1 Å². The van der Waals surface area contributed by atoms with Crippen molar-refractivity contribution in [2.24, 2.45) is 11.8 Å². The number of benzene rings is 2. The van der Waals surface area contributed by atoms with E-state index in [2.05, 4.69) is 35.6 Å². The van der Waals surface area contributed by atoms with Gasteiger partial charge >= 0.3 is 6.03 Å². The smallest absolute Gasteiger partial charge is 0.321 e. The number of fused-ring (bicyclic) bond motifs is 1. The third-order valence-electron chi connectivity index (χ3n) is 6.07. The molecule has 2 amide bonds.